The molecule has 0 unspecified atom stereocenters. The fourth-order valence-corrected chi connectivity index (χ4v) is 4.70. The van der Waals surface area contributed by atoms with Gasteiger partial charge in [0.25, 0.3) is 17.7 Å². The van der Waals surface area contributed by atoms with Crippen molar-refractivity contribution >= 4 is 62.0 Å². The monoisotopic (exact) mass is 487 g/mol. The molecule has 5 rings (SSSR count). The number of pyridine rings is 1. The molecule has 9 nitrogen and oxygen atoms in total. The van der Waals surface area contributed by atoms with Gasteiger partial charge in [0.1, 0.15) is 5.75 Å². The van der Waals surface area contributed by atoms with E-state index in [4.69, 9.17) is 4.74 Å². The average molecular weight is 488 g/mol. The number of nitrogens with one attached hydrogen (secondary N) is 3. The average Bonchev–Trinajstić information content (AvgIpc) is 3.31. The van der Waals surface area contributed by atoms with E-state index in [0.717, 1.165) is 10.1 Å². The van der Waals surface area contributed by atoms with Crippen molar-refractivity contribution in [1.82, 2.24) is 10.3 Å². The lowest BCUT2D eigenvalue weighted by Gasteiger charge is -2.26. The second-order valence-electron chi connectivity index (χ2n) is 7.85. The van der Waals surface area contributed by atoms with Crippen LogP contribution in [0.1, 0.15) is 20.7 Å². The van der Waals surface area contributed by atoms with Gasteiger partial charge in [0.05, 0.1) is 22.5 Å². The minimum atomic E-state index is -0.327. The van der Waals surface area contributed by atoms with Crippen LogP contribution >= 0.6 is 11.3 Å². The SMILES string of the molecule is CNC(=O)c1cnc(Nc2ccc3c(c2)N(C)C(=O)CO3)c(NC(=O)c2csc3ccccc23)c1. The van der Waals surface area contributed by atoms with E-state index in [1.165, 1.54) is 29.5 Å². The number of benzene rings is 2. The number of hydrogen-bond donors (Lipinski definition) is 3. The van der Waals surface area contributed by atoms with Crippen molar-refractivity contribution in [2.24, 2.45) is 0 Å². The normalized spacial score (nSPS) is 12.6. The second kappa shape index (κ2) is 9.07. The van der Waals surface area contributed by atoms with Gasteiger partial charge in [0, 0.05) is 41.4 Å². The van der Waals surface area contributed by atoms with Crippen LogP contribution in [0.2, 0.25) is 0 Å². The van der Waals surface area contributed by atoms with E-state index in [1.54, 1.807) is 36.7 Å². The molecule has 0 fully saturated rings. The summed E-state index contributed by atoms with van der Waals surface area (Å²) in [5.74, 6) is 0.144. The van der Waals surface area contributed by atoms with Crippen LogP contribution < -0.4 is 25.6 Å². The summed E-state index contributed by atoms with van der Waals surface area (Å²) in [6, 6.07) is 14.5. The van der Waals surface area contributed by atoms with Crippen LogP contribution in [0.5, 0.6) is 5.75 Å². The Morgan fingerprint density at radius 3 is 2.77 bits per heavy atom. The number of aromatic nitrogens is 1. The molecule has 0 bridgehead atoms. The fourth-order valence-electron chi connectivity index (χ4n) is 3.76. The zero-order valence-corrected chi connectivity index (χ0v) is 19.7. The maximum Gasteiger partial charge on any atom is 0.264 e. The molecule has 35 heavy (non-hydrogen) atoms. The van der Waals surface area contributed by atoms with Crippen molar-refractivity contribution < 1.29 is 19.1 Å². The number of hydrogen-bond acceptors (Lipinski definition) is 7. The van der Waals surface area contributed by atoms with Crippen molar-refractivity contribution in [2.45, 2.75) is 0 Å². The third-order valence-electron chi connectivity index (χ3n) is 5.66. The topological polar surface area (TPSA) is 113 Å². The van der Waals surface area contributed by atoms with E-state index in [0.29, 0.717) is 39.8 Å². The lowest BCUT2D eigenvalue weighted by atomic mass is 10.1. The summed E-state index contributed by atoms with van der Waals surface area (Å²) < 4.78 is 6.49. The Hall–Kier alpha value is -4.44. The molecule has 0 saturated heterocycles. The third-order valence-corrected chi connectivity index (χ3v) is 6.62. The maximum atomic E-state index is 13.2. The first kappa shape index (κ1) is 22.4. The largest absolute Gasteiger partial charge is 0.482 e. The smallest absolute Gasteiger partial charge is 0.264 e. The van der Waals surface area contributed by atoms with Gasteiger partial charge in [-0.25, -0.2) is 4.98 Å². The summed E-state index contributed by atoms with van der Waals surface area (Å²) >= 11 is 1.48. The van der Waals surface area contributed by atoms with Crippen LogP contribution in [-0.2, 0) is 4.79 Å². The molecule has 0 saturated carbocycles. The van der Waals surface area contributed by atoms with Crippen molar-refractivity contribution in [3.8, 4) is 5.75 Å². The molecule has 0 atom stereocenters. The number of ether oxygens (including phenoxy) is 1. The van der Waals surface area contributed by atoms with Gasteiger partial charge in [0.2, 0.25) is 0 Å². The standard InChI is InChI=1S/C25H21N5O4S/c1-26-24(32)14-9-18(29-25(33)17-13-35-21-6-4-3-5-16(17)21)23(27-11-14)28-15-7-8-20-19(10-15)30(2)22(31)12-34-20/h3-11,13H,12H2,1-2H3,(H,26,32)(H,27,28)(H,29,33). The van der Waals surface area contributed by atoms with Gasteiger partial charge in [-0.3, -0.25) is 14.4 Å². The molecule has 0 spiro atoms. The van der Waals surface area contributed by atoms with Crippen LogP contribution in [0.25, 0.3) is 10.1 Å². The molecule has 3 N–H and O–H groups in total. The minimum absolute atomic E-state index is 0.00771. The van der Waals surface area contributed by atoms with Gasteiger partial charge < -0.3 is 25.6 Å². The Balaban J connectivity index is 1.49. The van der Waals surface area contributed by atoms with Crippen LogP contribution in [-0.4, -0.2) is 43.4 Å². The molecular weight excluding hydrogens is 466 g/mol. The van der Waals surface area contributed by atoms with Crippen LogP contribution in [0.15, 0.2) is 60.1 Å². The number of thiophene rings is 1. The summed E-state index contributed by atoms with van der Waals surface area (Å²) in [7, 11) is 3.21. The van der Waals surface area contributed by atoms with Crippen molar-refractivity contribution in [3.05, 3.63) is 71.2 Å². The summed E-state index contributed by atoms with van der Waals surface area (Å²) in [5, 5.41) is 11.3. The fraction of sp³-hybridized carbons (Fsp3) is 0.120. The predicted octanol–water partition coefficient (Wildman–Crippen LogP) is 4.01. The van der Waals surface area contributed by atoms with Gasteiger partial charge in [-0.2, -0.15) is 0 Å². The van der Waals surface area contributed by atoms with Gasteiger partial charge in [0.15, 0.2) is 12.4 Å². The van der Waals surface area contributed by atoms with E-state index in [9.17, 15) is 14.4 Å². The zero-order chi connectivity index (χ0) is 24.5. The number of carbonyl (C=O) groups is 3. The molecule has 2 aromatic carbocycles. The Labute approximate surface area is 204 Å². The molecule has 4 aromatic rings. The minimum Gasteiger partial charge on any atom is -0.482 e. The highest BCUT2D eigenvalue weighted by atomic mass is 32.1. The number of carbonyl (C=O) groups excluding carboxylic acids is 3. The van der Waals surface area contributed by atoms with Gasteiger partial charge in [-0.05, 0) is 30.3 Å². The Kier molecular flexibility index (Phi) is 5.79. The Morgan fingerprint density at radius 1 is 1.11 bits per heavy atom. The Morgan fingerprint density at radius 2 is 1.94 bits per heavy atom. The molecule has 3 amide bonds. The number of rotatable bonds is 5. The lowest BCUT2D eigenvalue weighted by molar-refractivity contribution is -0.120. The molecule has 0 radical (unpaired) electrons. The maximum absolute atomic E-state index is 13.2. The van der Waals surface area contributed by atoms with E-state index in [1.807, 2.05) is 24.3 Å². The summed E-state index contributed by atoms with van der Waals surface area (Å²) in [4.78, 5) is 43.3. The summed E-state index contributed by atoms with van der Waals surface area (Å²) in [6.45, 7) is -0.00771. The quantitative estimate of drug-likeness (QED) is 0.392. The van der Waals surface area contributed by atoms with Crippen LogP contribution in [0, 0.1) is 0 Å². The highest BCUT2D eigenvalue weighted by Crippen LogP contribution is 2.35. The molecule has 1 aliphatic rings. The van der Waals surface area contributed by atoms with Crippen LogP contribution in [0.4, 0.5) is 22.9 Å². The summed E-state index contributed by atoms with van der Waals surface area (Å²) in [6.07, 6.45) is 1.42. The predicted molar refractivity (Wildman–Crippen MR) is 136 cm³/mol. The Bertz CT molecular complexity index is 1480. The second-order valence-corrected chi connectivity index (χ2v) is 8.76. The lowest BCUT2D eigenvalue weighted by Crippen LogP contribution is -2.35. The summed E-state index contributed by atoms with van der Waals surface area (Å²) in [5.41, 5.74) is 2.42. The number of amides is 3. The van der Waals surface area contributed by atoms with Crippen molar-refractivity contribution in [2.75, 3.05) is 36.2 Å². The molecule has 2 aromatic heterocycles. The first-order chi connectivity index (χ1) is 16.9. The molecular formula is C25H21N5O4S. The first-order valence-electron chi connectivity index (χ1n) is 10.7. The number of nitrogens with zero attached hydrogens (tertiary/aromatic N) is 2. The zero-order valence-electron chi connectivity index (χ0n) is 18.9. The highest BCUT2D eigenvalue weighted by molar-refractivity contribution is 7.17. The number of fused-ring (bicyclic) bond motifs is 2. The molecule has 1 aliphatic heterocycles. The molecule has 176 valence electrons. The van der Waals surface area contributed by atoms with Gasteiger partial charge >= 0.3 is 0 Å². The highest BCUT2D eigenvalue weighted by Gasteiger charge is 2.23. The van der Waals surface area contributed by atoms with E-state index in [2.05, 4.69) is 20.9 Å². The third kappa shape index (κ3) is 4.26. The number of anilines is 4. The van der Waals surface area contributed by atoms with Crippen molar-refractivity contribution in [1.29, 1.82) is 0 Å². The van der Waals surface area contributed by atoms with Crippen molar-refractivity contribution in [3.63, 3.8) is 0 Å². The van der Waals surface area contributed by atoms with E-state index >= 15 is 0 Å². The molecule has 3 heterocycles. The van der Waals surface area contributed by atoms with Crippen LogP contribution in [0.3, 0.4) is 0 Å². The van der Waals surface area contributed by atoms with Gasteiger partial charge in [-0.1, -0.05) is 18.2 Å². The molecule has 0 aliphatic carbocycles. The van der Waals surface area contributed by atoms with Gasteiger partial charge in [-0.15, -0.1) is 11.3 Å². The van der Waals surface area contributed by atoms with E-state index in [-0.39, 0.29) is 24.3 Å². The molecule has 10 heteroatoms. The van der Waals surface area contributed by atoms with E-state index < -0.39 is 0 Å². The first-order valence-corrected chi connectivity index (χ1v) is 11.6. The number of likely N-dealkylation sites (N-methyl/N-ethyl adjacent to an activating group) is 1.